The van der Waals surface area contributed by atoms with Crippen LogP contribution in [0.4, 0.5) is 5.69 Å². The van der Waals surface area contributed by atoms with Crippen LogP contribution in [0.5, 0.6) is 0 Å². The third-order valence-corrected chi connectivity index (χ3v) is 4.04. The molecule has 0 bridgehead atoms. The highest BCUT2D eigenvalue weighted by molar-refractivity contribution is 5.97. The Morgan fingerprint density at radius 2 is 1.96 bits per heavy atom. The molecule has 3 rings (SSSR count). The Kier molecular flexibility index (Phi) is 4.15. The summed E-state index contributed by atoms with van der Waals surface area (Å²) in [6.45, 7) is 6.64. The van der Waals surface area contributed by atoms with E-state index in [1.807, 2.05) is 63.2 Å². The molecule has 1 aromatic heterocycles. The lowest BCUT2D eigenvalue weighted by atomic mass is 10.1. The lowest BCUT2D eigenvalue weighted by molar-refractivity contribution is -0.118. The molecule has 1 amide bonds. The SMILES string of the molecule is CCN(C(=O)Cc1noc2ccc(C)cc12)c1ccccc1C. The van der Waals surface area contributed by atoms with E-state index in [9.17, 15) is 4.79 Å². The Balaban J connectivity index is 1.90. The molecule has 4 heteroatoms. The average molecular weight is 308 g/mol. The van der Waals surface area contributed by atoms with Crippen LogP contribution in [0.1, 0.15) is 23.7 Å². The second-order valence-corrected chi connectivity index (χ2v) is 5.73. The first-order valence-corrected chi connectivity index (χ1v) is 7.81. The number of hydrogen-bond donors (Lipinski definition) is 0. The van der Waals surface area contributed by atoms with Gasteiger partial charge in [-0.2, -0.15) is 0 Å². The number of hydrogen-bond acceptors (Lipinski definition) is 3. The largest absolute Gasteiger partial charge is 0.356 e. The molecule has 0 saturated carbocycles. The van der Waals surface area contributed by atoms with E-state index in [1.54, 1.807) is 4.90 Å². The molecule has 0 aliphatic rings. The maximum Gasteiger partial charge on any atom is 0.233 e. The Morgan fingerprint density at radius 3 is 2.70 bits per heavy atom. The molecule has 4 nitrogen and oxygen atoms in total. The fourth-order valence-corrected chi connectivity index (χ4v) is 2.82. The van der Waals surface area contributed by atoms with Crippen LogP contribution in [0.3, 0.4) is 0 Å². The van der Waals surface area contributed by atoms with E-state index < -0.39 is 0 Å². The van der Waals surface area contributed by atoms with Crippen molar-refractivity contribution in [3.05, 3.63) is 59.3 Å². The van der Waals surface area contributed by atoms with Gasteiger partial charge in [-0.25, -0.2) is 0 Å². The van der Waals surface area contributed by atoms with Gasteiger partial charge in [-0.3, -0.25) is 4.79 Å². The third-order valence-electron chi connectivity index (χ3n) is 4.04. The van der Waals surface area contributed by atoms with Crippen molar-refractivity contribution < 1.29 is 9.32 Å². The minimum atomic E-state index is 0.0264. The minimum Gasteiger partial charge on any atom is -0.356 e. The number of carbonyl (C=O) groups excluding carboxylic acids is 1. The molecule has 0 N–H and O–H groups in total. The number of likely N-dealkylation sites (N-methyl/N-ethyl adjacent to an activating group) is 1. The van der Waals surface area contributed by atoms with Crippen LogP contribution in [0.15, 0.2) is 47.0 Å². The highest BCUT2D eigenvalue weighted by Gasteiger charge is 2.19. The highest BCUT2D eigenvalue weighted by Crippen LogP contribution is 2.23. The van der Waals surface area contributed by atoms with Crippen LogP contribution < -0.4 is 4.90 Å². The zero-order valence-corrected chi connectivity index (χ0v) is 13.7. The molecule has 0 saturated heterocycles. The fourth-order valence-electron chi connectivity index (χ4n) is 2.82. The van der Waals surface area contributed by atoms with E-state index in [-0.39, 0.29) is 12.3 Å². The van der Waals surface area contributed by atoms with Crippen molar-refractivity contribution >= 4 is 22.6 Å². The summed E-state index contributed by atoms with van der Waals surface area (Å²) in [4.78, 5) is 14.6. The smallest absolute Gasteiger partial charge is 0.233 e. The molecule has 0 aliphatic carbocycles. The summed E-state index contributed by atoms with van der Waals surface area (Å²) in [6.07, 6.45) is 0.235. The monoisotopic (exact) mass is 308 g/mol. The summed E-state index contributed by atoms with van der Waals surface area (Å²) in [5.41, 5.74) is 4.58. The predicted molar refractivity (Wildman–Crippen MR) is 91.7 cm³/mol. The fraction of sp³-hybridized carbons (Fsp3) is 0.263. The topological polar surface area (TPSA) is 46.3 Å². The van der Waals surface area contributed by atoms with Crippen molar-refractivity contribution in [2.24, 2.45) is 0 Å². The third kappa shape index (κ3) is 2.97. The molecule has 0 radical (unpaired) electrons. The van der Waals surface area contributed by atoms with Gasteiger partial charge in [0, 0.05) is 17.6 Å². The van der Waals surface area contributed by atoms with Crippen molar-refractivity contribution in [2.75, 3.05) is 11.4 Å². The Morgan fingerprint density at radius 1 is 1.17 bits per heavy atom. The standard InChI is InChI=1S/C19H20N2O2/c1-4-21(17-8-6-5-7-14(17)3)19(22)12-16-15-11-13(2)9-10-18(15)23-20-16/h5-11H,4,12H2,1-3H3. The van der Waals surface area contributed by atoms with Gasteiger partial charge in [-0.05, 0) is 44.5 Å². The first kappa shape index (κ1) is 15.3. The molecule has 0 spiro atoms. The number of fused-ring (bicyclic) bond motifs is 1. The van der Waals surface area contributed by atoms with Gasteiger partial charge < -0.3 is 9.42 Å². The number of aromatic nitrogens is 1. The number of aryl methyl sites for hydroxylation is 2. The second kappa shape index (κ2) is 6.24. The summed E-state index contributed by atoms with van der Waals surface area (Å²) in [7, 11) is 0. The van der Waals surface area contributed by atoms with Gasteiger partial charge in [0.15, 0.2) is 5.58 Å². The molecule has 118 valence electrons. The first-order valence-electron chi connectivity index (χ1n) is 7.81. The molecule has 23 heavy (non-hydrogen) atoms. The van der Waals surface area contributed by atoms with Gasteiger partial charge in [-0.15, -0.1) is 0 Å². The van der Waals surface area contributed by atoms with Crippen molar-refractivity contribution in [3.8, 4) is 0 Å². The molecular formula is C19H20N2O2. The minimum absolute atomic E-state index is 0.0264. The van der Waals surface area contributed by atoms with E-state index in [2.05, 4.69) is 5.16 Å². The number of benzene rings is 2. The number of anilines is 1. The molecule has 0 fully saturated rings. The quantitative estimate of drug-likeness (QED) is 0.730. The maximum absolute atomic E-state index is 12.8. The van der Waals surface area contributed by atoms with Crippen molar-refractivity contribution in [1.82, 2.24) is 5.16 Å². The molecule has 0 atom stereocenters. The summed E-state index contributed by atoms with van der Waals surface area (Å²) >= 11 is 0. The van der Waals surface area contributed by atoms with Gasteiger partial charge in [0.05, 0.1) is 6.42 Å². The molecule has 0 unspecified atom stereocenters. The lowest BCUT2D eigenvalue weighted by Crippen LogP contribution is -2.32. The van der Waals surface area contributed by atoms with Gasteiger partial charge in [0.1, 0.15) is 5.69 Å². The number of carbonyl (C=O) groups is 1. The summed E-state index contributed by atoms with van der Waals surface area (Å²) in [5.74, 6) is 0.0264. The van der Waals surface area contributed by atoms with E-state index >= 15 is 0 Å². The zero-order chi connectivity index (χ0) is 16.4. The van der Waals surface area contributed by atoms with Crippen molar-refractivity contribution in [3.63, 3.8) is 0 Å². The van der Waals surface area contributed by atoms with Crippen LogP contribution in [0.2, 0.25) is 0 Å². The summed E-state index contributed by atoms with van der Waals surface area (Å²) < 4.78 is 5.33. The van der Waals surface area contributed by atoms with Gasteiger partial charge >= 0.3 is 0 Å². The molecule has 0 aliphatic heterocycles. The van der Waals surface area contributed by atoms with Crippen LogP contribution in [-0.4, -0.2) is 17.6 Å². The average Bonchev–Trinajstić information content (AvgIpc) is 2.92. The Hall–Kier alpha value is -2.62. The van der Waals surface area contributed by atoms with Gasteiger partial charge in [-0.1, -0.05) is 35.0 Å². The molecule has 3 aromatic rings. The highest BCUT2D eigenvalue weighted by atomic mass is 16.5. The van der Waals surface area contributed by atoms with Gasteiger partial charge in [0.25, 0.3) is 0 Å². The molecular weight excluding hydrogens is 288 g/mol. The molecule has 2 aromatic carbocycles. The van der Waals surface area contributed by atoms with Crippen molar-refractivity contribution in [1.29, 1.82) is 0 Å². The number of rotatable bonds is 4. The maximum atomic E-state index is 12.8. The van der Waals surface area contributed by atoms with E-state index in [0.717, 1.165) is 27.8 Å². The summed E-state index contributed by atoms with van der Waals surface area (Å²) in [5, 5.41) is 5.00. The van der Waals surface area contributed by atoms with Crippen LogP contribution >= 0.6 is 0 Å². The van der Waals surface area contributed by atoms with Crippen LogP contribution in [-0.2, 0) is 11.2 Å². The normalized spacial score (nSPS) is 10.9. The van der Waals surface area contributed by atoms with Crippen LogP contribution in [0.25, 0.3) is 11.0 Å². The number of nitrogens with zero attached hydrogens (tertiary/aromatic N) is 2. The second-order valence-electron chi connectivity index (χ2n) is 5.73. The van der Waals surface area contributed by atoms with E-state index in [4.69, 9.17) is 4.52 Å². The zero-order valence-electron chi connectivity index (χ0n) is 13.7. The predicted octanol–water partition coefficient (Wildman–Crippen LogP) is 4.04. The number of amides is 1. The number of para-hydroxylation sites is 1. The van der Waals surface area contributed by atoms with E-state index in [0.29, 0.717) is 12.2 Å². The Labute approximate surface area is 135 Å². The first-order chi connectivity index (χ1) is 11.1. The summed E-state index contributed by atoms with van der Waals surface area (Å²) in [6, 6.07) is 13.8. The molecule has 1 heterocycles. The Bertz CT molecular complexity index is 851. The van der Waals surface area contributed by atoms with Gasteiger partial charge in [0.2, 0.25) is 5.91 Å². The van der Waals surface area contributed by atoms with E-state index in [1.165, 1.54) is 0 Å². The lowest BCUT2D eigenvalue weighted by Gasteiger charge is -2.22. The van der Waals surface area contributed by atoms with Crippen LogP contribution in [0, 0.1) is 13.8 Å². The van der Waals surface area contributed by atoms with Crippen molar-refractivity contribution in [2.45, 2.75) is 27.2 Å².